The van der Waals surface area contributed by atoms with E-state index >= 15 is 0 Å². The molecule has 2 aromatic rings. The van der Waals surface area contributed by atoms with Gasteiger partial charge in [-0.1, -0.05) is 17.7 Å². The van der Waals surface area contributed by atoms with E-state index in [-0.39, 0.29) is 17.0 Å². The molecule has 1 N–H and O–H groups in total. The Labute approximate surface area is 127 Å². The lowest BCUT2D eigenvalue weighted by atomic mass is 10.1. The van der Waals surface area contributed by atoms with Crippen LogP contribution in [0.3, 0.4) is 0 Å². The van der Waals surface area contributed by atoms with Gasteiger partial charge in [-0.15, -0.1) is 0 Å². The molecular weight excluding hydrogens is 286 g/mol. The van der Waals surface area contributed by atoms with Gasteiger partial charge >= 0.3 is 0 Å². The second kappa shape index (κ2) is 6.09. The summed E-state index contributed by atoms with van der Waals surface area (Å²) in [5.74, 6) is -0.367. The van der Waals surface area contributed by atoms with Crippen LogP contribution in [0.1, 0.15) is 27.0 Å². The monoisotopic (exact) mass is 295 g/mol. The first-order valence-corrected chi connectivity index (χ1v) is 6.44. The highest BCUT2D eigenvalue weighted by Gasteiger charge is 2.11. The lowest BCUT2D eigenvalue weighted by Gasteiger charge is -2.08. The number of rotatable bonds is 2. The van der Waals surface area contributed by atoms with E-state index in [1.807, 2.05) is 19.1 Å². The Balaban J connectivity index is 2.28. The number of carbonyl (C=O) groups excluding carboxylic acids is 1. The van der Waals surface area contributed by atoms with Crippen LogP contribution in [0, 0.1) is 29.6 Å². The van der Waals surface area contributed by atoms with E-state index in [1.165, 1.54) is 12.1 Å². The summed E-state index contributed by atoms with van der Waals surface area (Å²) in [6.07, 6.45) is 0. The molecule has 0 saturated carbocycles. The van der Waals surface area contributed by atoms with Gasteiger partial charge in [0.15, 0.2) is 0 Å². The van der Waals surface area contributed by atoms with E-state index in [0.717, 1.165) is 5.56 Å². The normalized spacial score (nSPS) is 9.52. The Morgan fingerprint density at radius 2 is 1.81 bits per heavy atom. The van der Waals surface area contributed by atoms with Gasteiger partial charge in [0.05, 0.1) is 21.7 Å². The molecule has 0 aliphatic heterocycles. The third-order valence-corrected chi connectivity index (χ3v) is 3.20. The van der Waals surface area contributed by atoms with Crippen molar-refractivity contribution < 1.29 is 4.79 Å². The third-order valence-electron chi connectivity index (χ3n) is 2.89. The summed E-state index contributed by atoms with van der Waals surface area (Å²) in [5, 5.41) is 20.8. The van der Waals surface area contributed by atoms with E-state index in [2.05, 4.69) is 5.32 Å². The number of carbonyl (C=O) groups is 1. The SMILES string of the molecule is Cc1ccc(C(=O)Nc2ccc(C#N)c(C#N)c2)c(Cl)c1. The standard InChI is InChI=1S/C16H10ClN3O/c1-10-2-5-14(15(17)6-10)16(21)20-13-4-3-11(8-18)12(7-13)9-19/h2-7H,1H3,(H,20,21). The van der Waals surface area contributed by atoms with Gasteiger partial charge in [-0.3, -0.25) is 4.79 Å². The summed E-state index contributed by atoms with van der Waals surface area (Å²) in [7, 11) is 0. The highest BCUT2D eigenvalue weighted by Crippen LogP contribution is 2.20. The van der Waals surface area contributed by atoms with Crippen LogP contribution >= 0.6 is 11.6 Å². The number of hydrogen-bond acceptors (Lipinski definition) is 3. The number of aryl methyl sites for hydroxylation is 1. The van der Waals surface area contributed by atoms with Crippen molar-refractivity contribution >= 4 is 23.2 Å². The van der Waals surface area contributed by atoms with Crippen LogP contribution in [0.2, 0.25) is 5.02 Å². The number of anilines is 1. The average molecular weight is 296 g/mol. The van der Waals surface area contributed by atoms with Crippen molar-refractivity contribution in [2.45, 2.75) is 6.92 Å². The fourth-order valence-corrected chi connectivity index (χ4v) is 2.14. The first-order chi connectivity index (χ1) is 10.0. The molecule has 2 rings (SSSR count). The fraction of sp³-hybridized carbons (Fsp3) is 0.0625. The number of nitrogens with zero attached hydrogens (tertiary/aromatic N) is 2. The Morgan fingerprint density at radius 3 is 2.43 bits per heavy atom. The Hall–Kier alpha value is -2.82. The largest absolute Gasteiger partial charge is 0.322 e. The van der Waals surface area contributed by atoms with Gasteiger partial charge in [0.1, 0.15) is 12.1 Å². The molecule has 0 bridgehead atoms. The zero-order valence-corrected chi connectivity index (χ0v) is 11.9. The molecule has 0 heterocycles. The van der Waals surface area contributed by atoms with Crippen molar-refractivity contribution in [1.82, 2.24) is 0 Å². The maximum atomic E-state index is 12.2. The highest BCUT2D eigenvalue weighted by atomic mass is 35.5. The molecule has 0 radical (unpaired) electrons. The number of amides is 1. The van der Waals surface area contributed by atoms with Gasteiger partial charge in [-0.2, -0.15) is 10.5 Å². The summed E-state index contributed by atoms with van der Waals surface area (Å²) < 4.78 is 0. The highest BCUT2D eigenvalue weighted by molar-refractivity contribution is 6.34. The zero-order valence-electron chi connectivity index (χ0n) is 11.1. The van der Waals surface area contributed by atoms with E-state index in [9.17, 15) is 4.79 Å². The molecule has 21 heavy (non-hydrogen) atoms. The smallest absolute Gasteiger partial charge is 0.257 e. The van der Waals surface area contributed by atoms with Crippen molar-refractivity contribution in [3.8, 4) is 12.1 Å². The molecule has 0 aromatic heterocycles. The van der Waals surface area contributed by atoms with Gasteiger partial charge in [0.25, 0.3) is 5.91 Å². The van der Waals surface area contributed by atoms with Crippen LogP contribution in [0.15, 0.2) is 36.4 Å². The van der Waals surface area contributed by atoms with Crippen molar-refractivity contribution in [3.05, 3.63) is 63.7 Å². The molecule has 0 unspecified atom stereocenters. The Kier molecular flexibility index (Phi) is 4.23. The van der Waals surface area contributed by atoms with E-state index in [1.54, 1.807) is 24.3 Å². The fourth-order valence-electron chi connectivity index (χ4n) is 1.81. The van der Waals surface area contributed by atoms with Gasteiger partial charge in [0, 0.05) is 5.69 Å². The van der Waals surface area contributed by atoms with Crippen LogP contribution in [-0.2, 0) is 0 Å². The maximum absolute atomic E-state index is 12.2. The molecule has 0 spiro atoms. The minimum atomic E-state index is -0.367. The molecule has 102 valence electrons. The van der Waals surface area contributed by atoms with E-state index in [4.69, 9.17) is 22.1 Å². The number of benzene rings is 2. The lowest BCUT2D eigenvalue weighted by molar-refractivity contribution is 0.102. The van der Waals surface area contributed by atoms with E-state index in [0.29, 0.717) is 16.3 Å². The molecular formula is C16H10ClN3O. The van der Waals surface area contributed by atoms with Crippen molar-refractivity contribution in [3.63, 3.8) is 0 Å². The number of halogens is 1. The van der Waals surface area contributed by atoms with Crippen molar-refractivity contribution in [1.29, 1.82) is 10.5 Å². The molecule has 0 saturated heterocycles. The van der Waals surface area contributed by atoms with Gasteiger partial charge in [0.2, 0.25) is 0 Å². The van der Waals surface area contributed by atoms with Crippen LogP contribution < -0.4 is 5.32 Å². The van der Waals surface area contributed by atoms with Crippen LogP contribution in [-0.4, -0.2) is 5.91 Å². The average Bonchev–Trinajstić information content (AvgIpc) is 2.46. The zero-order chi connectivity index (χ0) is 15.4. The van der Waals surface area contributed by atoms with Crippen molar-refractivity contribution in [2.24, 2.45) is 0 Å². The maximum Gasteiger partial charge on any atom is 0.257 e. The van der Waals surface area contributed by atoms with Crippen LogP contribution in [0.4, 0.5) is 5.69 Å². The van der Waals surface area contributed by atoms with Gasteiger partial charge in [-0.25, -0.2) is 0 Å². The minimum absolute atomic E-state index is 0.213. The summed E-state index contributed by atoms with van der Waals surface area (Å²) in [4.78, 5) is 12.2. The molecule has 5 heteroatoms. The molecule has 0 aliphatic carbocycles. The predicted molar refractivity (Wildman–Crippen MR) is 80.0 cm³/mol. The number of nitriles is 2. The van der Waals surface area contributed by atoms with Crippen LogP contribution in [0.25, 0.3) is 0 Å². The molecule has 2 aromatic carbocycles. The first kappa shape index (κ1) is 14.6. The molecule has 0 atom stereocenters. The summed E-state index contributed by atoms with van der Waals surface area (Å²) in [6.45, 7) is 1.88. The van der Waals surface area contributed by atoms with Crippen LogP contribution in [0.5, 0.6) is 0 Å². The summed E-state index contributed by atoms with van der Waals surface area (Å²) in [6, 6.07) is 13.5. The van der Waals surface area contributed by atoms with Gasteiger partial charge < -0.3 is 5.32 Å². The summed E-state index contributed by atoms with van der Waals surface area (Å²) >= 11 is 6.04. The summed E-state index contributed by atoms with van der Waals surface area (Å²) in [5.41, 5.74) is 2.23. The second-order valence-electron chi connectivity index (χ2n) is 4.42. The Bertz CT molecular complexity index is 800. The minimum Gasteiger partial charge on any atom is -0.322 e. The first-order valence-electron chi connectivity index (χ1n) is 6.07. The molecule has 0 fully saturated rings. The number of hydrogen-bond donors (Lipinski definition) is 1. The lowest BCUT2D eigenvalue weighted by Crippen LogP contribution is -2.12. The number of nitrogens with one attached hydrogen (secondary N) is 1. The van der Waals surface area contributed by atoms with Gasteiger partial charge in [-0.05, 0) is 42.8 Å². The molecule has 0 aliphatic rings. The van der Waals surface area contributed by atoms with E-state index < -0.39 is 0 Å². The molecule has 4 nitrogen and oxygen atoms in total. The third kappa shape index (κ3) is 3.20. The predicted octanol–water partition coefficient (Wildman–Crippen LogP) is 3.64. The second-order valence-corrected chi connectivity index (χ2v) is 4.83. The Morgan fingerprint density at radius 1 is 1.10 bits per heavy atom. The topological polar surface area (TPSA) is 76.7 Å². The van der Waals surface area contributed by atoms with Crippen molar-refractivity contribution in [2.75, 3.05) is 5.32 Å². The molecule has 1 amide bonds. The quantitative estimate of drug-likeness (QED) is 0.918.